The molecule has 1 unspecified atom stereocenters. The molecular formula is C23H21F4N3O2. The molecule has 0 N–H and O–H groups in total. The Kier molecular flexibility index (Phi) is 5.59. The summed E-state index contributed by atoms with van der Waals surface area (Å²) in [4.78, 5) is 16.3. The molecule has 1 aliphatic carbocycles. The number of alkyl halides is 3. The van der Waals surface area contributed by atoms with Gasteiger partial charge in [0, 0.05) is 18.5 Å². The fourth-order valence-electron chi connectivity index (χ4n) is 4.64. The van der Waals surface area contributed by atoms with Crippen LogP contribution in [0.15, 0.2) is 36.4 Å². The topological polar surface area (TPSA) is 56.6 Å². The van der Waals surface area contributed by atoms with Crippen molar-refractivity contribution in [3.05, 3.63) is 58.9 Å². The molecule has 0 bridgehead atoms. The van der Waals surface area contributed by atoms with E-state index in [4.69, 9.17) is 10.00 Å². The monoisotopic (exact) mass is 447 g/mol. The van der Waals surface area contributed by atoms with E-state index in [-0.39, 0.29) is 17.8 Å². The fraction of sp³-hybridized carbons (Fsp3) is 0.391. The first-order valence-electron chi connectivity index (χ1n) is 10.2. The predicted molar refractivity (Wildman–Crippen MR) is 110 cm³/mol. The van der Waals surface area contributed by atoms with Gasteiger partial charge in [0.25, 0.3) is 0 Å². The molecule has 3 atom stereocenters. The van der Waals surface area contributed by atoms with Gasteiger partial charge in [0.1, 0.15) is 5.82 Å². The number of benzene rings is 2. The number of methoxy groups -OCH3 is 1. The van der Waals surface area contributed by atoms with Gasteiger partial charge in [0.2, 0.25) is 0 Å². The third-order valence-electron chi connectivity index (χ3n) is 6.28. The van der Waals surface area contributed by atoms with Crippen LogP contribution in [-0.4, -0.2) is 31.3 Å². The van der Waals surface area contributed by atoms with Crippen LogP contribution in [0, 0.1) is 24.1 Å². The first-order chi connectivity index (χ1) is 15.2. The number of halogens is 4. The van der Waals surface area contributed by atoms with E-state index in [9.17, 15) is 22.4 Å². The number of nitriles is 1. The molecule has 2 amide bonds. The first-order valence-corrected chi connectivity index (χ1v) is 10.2. The van der Waals surface area contributed by atoms with Gasteiger partial charge in [-0.15, -0.1) is 0 Å². The lowest BCUT2D eigenvalue weighted by atomic mass is 9.87. The quantitative estimate of drug-likeness (QED) is 0.592. The summed E-state index contributed by atoms with van der Waals surface area (Å²) in [5.41, 5.74) is -0.778. The smallest absolute Gasteiger partial charge is 0.381 e. The van der Waals surface area contributed by atoms with Crippen LogP contribution in [0.25, 0.3) is 0 Å². The first kappa shape index (κ1) is 22.1. The van der Waals surface area contributed by atoms with E-state index in [1.807, 2.05) is 0 Å². The Morgan fingerprint density at radius 1 is 1.06 bits per heavy atom. The number of ether oxygens (including phenoxy) is 1. The zero-order valence-electron chi connectivity index (χ0n) is 17.5. The van der Waals surface area contributed by atoms with Crippen LogP contribution in [-0.2, 0) is 10.9 Å². The van der Waals surface area contributed by atoms with Crippen LogP contribution < -0.4 is 9.80 Å². The molecule has 1 heterocycles. The third-order valence-corrected chi connectivity index (χ3v) is 6.28. The van der Waals surface area contributed by atoms with Gasteiger partial charge in [-0.3, -0.25) is 9.80 Å². The number of hydrogen-bond donors (Lipinski definition) is 0. The number of carbonyl (C=O) groups excluding carboxylic acids is 1. The van der Waals surface area contributed by atoms with E-state index >= 15 is 0 Å². The Bertz CT molecular complexity index is 1100. The van der Waals surface area contributed by atoms with E-state index in [2.05, 4.69) is 0 Å². The number of carbonyl (C=O) groups is 1. The van der Waals surface area contributed by atoms with Crippen molar-refractivity contribution in [2.45, 2.75) is 50.6 Å². The van der Waals surface area contributed by atoms with Crippen LogP contribution in [0.2, 0.25) is 0 Å². The molecule has 32 heavy (non-hydrogen) atoms. The van der Waals surface area contributed by atoms with E-state index in [0.29, 0.717) is 30.5 Å². The second-order valence-corrected chi connectivity index (χ2v) is 8.10. The molecule has 0 aromatic heterocycles. The van der Waals surface area contributed by atoms with E-state index in [1.54, 1.807) is 32.2 Å². The SMILES string of the molecule is COC1CC[C@H]2[C@H](C1)N(c1ccc(C#N)c(C(F)(F)F)c1)C(=O)N2c1ccc(C)c(F)c1. The highest BCUT2D eigenvalue weighted by molar-refractivity contribution is 6.07. The second kappa shape index (κ2) is 8.10. The van der Waals surface area contributed by atoms with Crippen molar-refractivity contribution in [1.29, 1.82) is 5.26 Å². The van der Waals surface area contributed by atoms with Crippen LogP contribution in [0.4, 0.5) is 33.7 Å². The van der Waals surface area contributed by atoms with Gasteiger partial charge in [-0.1, -0.05) is 6.07 Å². The zero-order valence-corrected chi connectivity index (χ0v) is 17.5. The Morgan fingerprint density at radius 3 is 2.34 bits per heavy atom. The zero-order chi connectivity index (χ0) is 23.2. The lowest BCUT2D eigenvalue weighted by Gasteiger charge is -2.35. The summed E-state index contributed by atoms with van der Waals surface area (Å²) in [6, 6.07) is 7.96. The van der Waals surface area contributed by atoms with Crippen molar-refractivity contribution in [3.8, 4) is 6.07 Å². The summed E-state index contributed by atoms with van der Waals surface area (Å²) >= 11 is 0. The molecule has 2 aliphatic rings. The van der Waals surface area contributed by atoms with Crippen molar-refractivity contribution >= 4 is 17.4 Å². The van der Waals surface area contributed by atoms with Crippen LogP contribution >= 0.6 is 0 Å². The summed E-state index contributed by atoms with van der Waals surface area (Å²) in [6.45, 7) is 1.61. The summed E-state index contributed by atoms with van der Waals surface area (Å²) in [5.74, 6) is -0.464. The highest BCUT2D eigenvalue weighted by atomic mass is 19.4. The number of nitrogens with zero attached hydrogens (tertiary/aromatic N) is 3. The van der Waals surface area contributed by atoms with Crippen LogP contribution in [0.1, 0.15) is 36.0 Å². The highest BCUT2D eigenvalue weighted by Crippen LogP contribution is 2.42. The molecule has 0 radical (unpaired) electrons. The average Bonchev–Trinajstić information content (AvgIpc) is 3.05. The lowest BCUT2D eigenvalue weighted by molar-refractivity contribution is -0.137. The third kappa shape index (κ3) is 3.69. The number of urea groups is 1. The number of aryl methyl sites for hydroxylation is 1. The molecule has 0 spiro atoms. The summed E-state index contributed by atoms with van der Waals surface area (Å²) in [7, 11) is 1.56. The number of amides is 2. The van der Waals surface area contributed by atoms with Gasteiger partial charge in [-0.25, -0.2) is 9.18 Å². The molecular weight excluding hydrogens is 426 g/mol. The van der Waals surface area contributed by atoms with Crippen LogP contribution in [0.5, 0.6) is 0 Å². The average molecular weight is 447 g/mol. The number of fused-ring (bicyclic) bond motifs is 1. The van der Waals surface area contributed by atoms with Crippen molar-refractivity contribution < 1.29 is 27.1 Å². The summed E-state index contributed by atoms with van der Waals surface area (Å²) < 4.78 is 60.4. The molecule has 168 valence electrons. The van der Waals surface area contributed by atoms with Crippen molar-refractivity contribution in [1.82, 2.24) is 0 Å². The van der Waals surface area contributed by atoms with E-state index in [1.165, 1.54) is 21.9 Å². The van der Waals surface area contributed by atoms with Crippen molar-refractivity contribution in [2.24, 2.45) is 0 Å². The minimum absolute atomic E-state index is 0.0446. The summed E-state index contributed by atoms with van der Waals surface area (Å²) in [5, 5.41) is 9.09. The molecule has 2 aromatic rings. The second-order valence-electron chi connectivity index (χ2n) is 8.10. The Labute approximate surface area is 182 Å². The molecule has 1 saturated carbocycles. The number of hydrogen-bond acceptors (Lipinski definition) is 3. The molecule has 4 rings (SSSR count). The van der Waals surface area contributed by atoms with Gasteiger partial charge in [-0.05, 0) is 62.1 Å². The maximum atomic E-state index is 14.3. The Morgan fingerprint density at radius 2 is 1.72 bits per heavy atom. The minimum atomic E-state index is -4.75. The molecule has 1 saturated heterocycles. The normalized spacial score (nSPS) is 23.3. The Balaban J connectivity index is 1.81. The minimum Gasteiger partial charge on any atom is -0.381 e. The van der Waals surface area contributed by atoms with Crippen molar-refractivity contribution in [3.63, 3.8) is 0 Å². The van der Waals surface area contributed by atoms with Gasteiger partial charge >= 0.3 is 12.2 Å². The maximum Gasteiger partial charge on any atom is 0.417 e. The number of anilines is 2. The summed E-state index contributed by atoms with van der Waals surface area (Å²) in [6.07, 6.45) is -3.24. The maximum absolute atomic E-state index is 14.3. The largest absolute Gasteiger partial charge is 0.417 e. The van der Waals surface area contributed by atoms with Gasteiger partial charge in [0.05, 0.1) is 35.4 Å². The van der Waals surface area contributed by atoms with Crippen LogP contribution in [0.3, 0.4) is 0 Å². The van der Waals surface area contributed by atoms with E-state index in [0.717, 1.165) is 12.1 Å². The highest BCUT2D eigenvalue weighted by Gasteiger charge is 2.50. The lowest BCUT2D eigenvalue weighted by Crippen LogP contribution is -2.44. The van der Waals surface area contributed by atoms with Gasteiger partial charge in [-0.2, -0.15) is 18.4 Å². The van der Waals surface area contributed by atoms with E-state index < -0.39 is 35.2 Å². The van der Waals surface area contributed by atoms with Gasteiger partial charge < -0.3 is 4.74 Å². The van der Waals surface area contributed by atoms with Gasteiger partial charge in [0.15, 0.2) is 0 Å². The Hall–Kier alpha value is -3.12. The predicted octanol–water partition coefficient (Wildman–Crippen LogP) is 5.41. The fourth-order valence-corrected chi connectivity index (χ4v) is 4.64. The standard InChI is InChI=1S/C23H21F4N3O2/c1-13-3-5-16(10-19(13)24)29-20-8-7-17(32-2)11-21(20)30(22(29)31)15-6-4-14(12-28)18(9-15)23(25,26)27/h3-6,9-10,17,20-21H,7-8,11H2,1-2H3/t17?,20-,21-/m0/s1. The molecule has 5 nitrogen and oxygen atoms in total. The molecule has 1 aliphatic heterocycles. The molecule has 2 fully saturated rings. The van der Waals surface area contributed by atoms with Crippen molar-refractivity contribution in [2.75, 3.05) is 16.9 Å². The molecule has 2 aromatic carbocycles. The molecule has 9 heteroatoms. The number of rotatable bonds is 3.